The van der Waals surface area contributed by atoms with Crippen LogP contribution in [0, 0.1) is 0 Å². The van der Waals surface area contributed by atoms with Crippen molar-refractivity contribution in [3.63, 3.8) is 0 Å². The molecule has 2 aromatic heterocycles. The lowest BCUT2D eigenvalue weighted by molar-refractivity contribution is 0.671. The summed E-state index contributed by atoms with van der Waals surface area (Å²) in [6.45, 7) is 0. The lowest BCUT2D eigenvalue weighted by Crippen LogP contribution is -2.33. The molecule has 0 spiro atoms. The summed E-state index contributed by atoms with van der Waals surface area (Å²) in [5.74, 6) is 1.47. The molecule has 1 N–H and O–H groups in total. The van der Waals surface area contributed by atoms with Crippen LogP contribution in [0.2, 0.25) is 0 Å². The highest BCUT2D eigenvalue weighted by Gasteiger charge is 2.23. The molecule has 5 nitrogen and oxygen atoms in total. The molecular formula is C45H30N4O. The van der Waals surface area contributed by atoms with Gasteiger partial charge in [-0.1, -0.05) is 140 Å². The van der Waals surface area contributed by atoms with Crippen molar-refractivity contribution in [2.75, 3.05) is 0 Å². The molecule has 7 aromatic carbocycles. The van der Waals surface area contributed by atoms with Crippen LogP contribution in [-0.2, 0) is 0 Å². The summed E-state index contributed by atoms with van der Waals surface area (Å²) in [6, 6.07) is 59.1. The number of furan rings is 1. The second-order valence-electron chi connectivity index (χ2n) is 12.7. The molecule has 0 fully saturated rings. The fourth-order valence-corrected chi connectivity index (χ4v) is 7.26. The van der Waals surface area contributed by atoms with Gasteiger partial charge in [0.05, 0.1) is 11.0 Å². The van der Waals surface area contributed by atoms with Crippen LogP contribution in [0.25, 0.3) is 60.6 Å². The van der Waals surface area contributed by atoms with Crippen LogP contribution in [-0.4, -0.2) is 16.2 Å². The average Bonchev–Trinajstić information content (AvgIpc) is 3.75. The van der Waals surface area contributed by atoms with Crippen molar-refractivity contribution in [1.29, 1.82) is 0 Å². The summed E-state index contributed by atoms with van der Waals surface area (Å²) < 4.78 is 8.91. The fourth-order valence-electron chi connectivity index (χ4n) is 7.26. The third-order valence-electron chi connectivity index (χ3n) is 9.67. The molecule has 0 aliphatic carbocycles. The molecule has 0 radical (unpaired) electrons. The van der Waals surface area contributed by atoms with Crippen molar-refractivity contribution in [3.05, 3.63) is 187 Å². The van der Waals surface area contributed by atoms with Gasteiger partial charge >= 0.3 is 0 Å². The molecule has 0 bridgehead atoms. The molecule has 50 heavy (non-hydrogen) atoms. The minimum absolute atomic E-state index is 0.311. The van der Waals surface area contributed by atoms with Gasteiger partial charge in [-0.15, -0.1) is 0 Å². The number of para-hydroxylation sites is 2. The van der Waals surface area contributed by atoms with E-state index in [2.05, 4.69) is 143 Å². The molecule has 10 rings (SSSR count). The number of rotatable bonds is 5. The van der Waals surface area contributed by atoms with E-state index in [-0.39, 0.29) is 6.17 Å². The van der Waals surface area contributed by atoms with Crippen LogP contribution in [0.15, 0.2) is 184 Å². The third-order valence-corrected chi connectivity index (χ3v) is 9.67. The van der Waals surface area contributed by atoms with Crippen molar-refractivity contribution >= 4 is 55.4 Å². The molecule has 5 heteroatoms. The largest absolute Gasteiger partial charge is 0.454 e. The second kappa shape index (κ2) is 11.5. The van der Waals surface area contributed by atoms with Gasteiger partial charge in [0.1, 0.15) is 17.6 Å². The van der Waals surface area contributed by atoms with Gasteiger partial charge in [0.25, 0.3) is 0 Å². The number of hydrogen-bond donors (Lipinski definition) is 1. The first-order valence-corrected chi connectivity index (χ1v) is 16.9. The highest BCUT2D eigenvalue weighted by Crippen LogP contribution is 2.40. The summed E-state index contributed by atoms with van der Waals surface area (Å²) in [7, 11) is 0. The highest BCUT2D eigenvalue weighted by molar-refractivity contribution is 6.21. The number of fused-ring (bicyclic) bond motifs is 7. The van der Waals surface area contributed by atoms with E-state index < -0.39 is 0 Å². The zero-order valence-corrected chi connectivity index (χ0v) is 27.0. The van der Waals surface area contributed by atoms with E-state index in [1.54, 1.807) is 0 Å². The van der Waals surface area contributed by atoms with E-state index in [9.17, 15) is 0 Å². The summed E-state index contributed by atoms with van der Waals surface area (Å²) >= 11 is 0. The molecule has 1 aliphatic heterocycles. The monoisotopic (exact) mass is 642 g/mol. The Bertz CT molecular complexity index is 2770. The number of hydrogen-bond acceptors (Lipinski definition) is 4. The molecule has 0 amide bonds. The number of aromatic nitrogens is 1. The van der Waals surface area contributed by atoms with E-state index in [0.29, 0.717) is 5.84 Å². The van der Waals surface area contributed by atoms with Crippen LogP contribution in [0.1, 0.15) is 22.9 Å². The van der Waals surface area contributed by atoms with E-state index in [4.69, 9.17) is 14.4 Å². The molecule has 3 heterocycles. The SMILES string of the molecule is c1ccc(C2=NC(c3cccc(-n4c5ccccc5c5ccc6c7ccccc7oc6c54)c3)=NC(c3ccc(-c4ccccc4)cc3)N2)cc1. The topological polar surface area (TPSA) is 54.8 Å². The Hall–Kier alpha value is -6.72. The van der Waals surface area contributed by atoms with Crippen LogP contribution in [0.4, 0.5) is 0 Å². The summed E-state index contributed by atoms with van der Waals surface area (Å²) in [4.78, 5) is 10.3. The van der Waals surface area contributed by atoms with Gasteiger partial charge in [0, 0.05) is 38.4 Å². The Morgan fingerprint density at radius 2 is 1.18 bits per heavy atom. The molecule has 0 saturated heterocycles. The molecule has 1 aliphatic rings. The first-order valence-electron chi connectivity index (χ1n) is 16.9. The van der Waals surface area contributed by atoms with Gasteiger partial charge in [-0.2, -0.15) is 0 Å². The van der Waals surface area contributed by atoms with E-state index in [1.807, 2.05) is 36.4 Å². The fraction of sp³-hybridized carbons (Fsp3) is 0.0222. The van der Waals surface area contributed by atoms with Gasteiger partial charge in [-0.3, -0.25) is 0 Å². The summed E-state index contributed by atoms with van der Waals surface area (Å²) in [6.07, 6.45) is -0.311. The first-order chi connectivity index (χ1) is 24.8. The predicted molar refractivity (Wildman–Crippen MR) is 205 cm³/mol. The minimum Gasteiger partial charge on any atom is -0.454 e. The molecule has 0 saturated carbocycles. The third kappa shape index (κ3) is 4.63. The highest BCUT2D eigenvalue weighted by atomic mass is 16.3. The van der Waals surface area contributed by atoms with Crippen LogP contribution >= 0.6 is 0 Å². The Morgan fingerprint density at radius 3 is 2.00 bits per heavy atom. The molecule has 1 unspecified atom stereocenters. The molecular weight excluding hydrogens is 613 g/mol. The Morgan fingerprint density at radius 1 is 0.520 bits per heavy atom. The van der Waals surface area contributed by atoms with Gasteiger partial charge < -0.3 is 14.3 Å². The lowest BCUT2D eigenvalue weighted by atomic mass is 10.0. The number of aliphatic imine (C=N–C) groups is 2. The van der Waals surface area contributed by atoms with Crippen molar-refractivity contribution < 1.29 is 4.42 Å². The van der Waals surface area contributed by atoms with E-state index in [0.717, 1.165) is 66.6 Å². The lowest BCUT2D eigenvalue weighted by Gasteiger charge is -2.24. The second-order valence-corrected chi connectivity index (χ2v) is 12.7. The maximum atomic E-state index is 6.59. The summed E-state index contributed by atoms with van der Waals surface area (Å²) in [5.41, 5.74) is 10.3. The Labute approximate surface area is 288 Å². The van der Waals surface area contributed by atoms with Gasteiger partial charge in [0.2, 0.25) is 0 Å². The minimum atomic E-state index is -0.311. The number of benzene rings is 7. The molecule has 236 valence electrons. The zero-order valence-electron chi connectivity index (χ0n) is 27.0. The van der Waals surface area contributed by atoms with Crippen LogP contribution < -0.4 is 5.32 Å². The van der Waals surface area contributed by atoms with Crippen molar-refractivity contribution in [3.8, 4) is 16.8 Å². The quantitative estimate of drug-likeness (QED) is 0.203. The predicted octanol–water partition coefficient (Wildman–Crippen LogP) is 10.8. The standard InChI is InChI=1S/C45H30N4O/c1-3-12-29(13-4-1)30-22-24-32(25-23-30)44-46-43(31-14-5-2-6-15-31)47-45(48-44)33-16-11-17-34(28-33)49-39-20-9-7-18-35(39)37-26-27-38-36-19-8-10-21-40(36)50-42(38)41(37)49/h1-28,44H,(H,46,47,48). The van der Waals surface area contributed by atoms with Crippen LogP contribution in [0.5, 0.6) is 0 Å². The molecule has 1 atom stereocenters. The number of nitrogens with one attached hydrogen (secondary N) is 1. The normalized spacial score (nSPS) is 14.6. The first kappa shape index (κ1) is 28.3. The molecule has 9 aromatic rings. The summed E-state index contributed by atoms with van der Waals surface area (Å²) in [5, 5.41) is 8.17. The van der Waals surface area contributed by atoms with Crippen molar-refractivity contribution in [2.24, 2.45) is 9.98 Å². The van der Waals surface area contributed by atoms with Crippen LogP contribution in [0.3, 0.4) is 0 Å². The average molecular weight is 643 g/mol. The van der Waals surface area contributed by atoms with E-state index >= 15 is 0 Å². The Kier molecular flexibility index (Phi) is 6.49. The Balaban J connectivity index is 1.13. The van der Waals surface area contributed by atoms with Crippen molar-refractivity contribution in [1.82, 2.24) is 9.88 Å². The van der Waals surface area contributed by atoms with E-state index in [1.165, 1.54) is 16.5 Å². The van der Waals surface area contributed by atoms with Gasteiger partial charge in [-0.25, -0.2) is 9.98 Å². The number of amidine groups is 2. The van der Waals surface area contributed by atoms with Gasteiger partial charge in [0.15, 0.2) is 11.4 Å². The smallest absolute Gasteiger partial charge is 0.160 e. The van der Waals surface area contributed by atoms with Gasteiger partial charge in [-0.05, 0) is 47.0 Å². The zero-order chi connectivity index (χ0) is 33.0. The maximum absolute atomic E-state index is 6.59. The maximum Gasteiger partial charge on any atom is 0.160 e. The van der Waals surface area contributed by atoms with Crippen molar-refractivity contribution in [2.45, 2.75) is 6.17 Å². The number of nitrogens with zero attached hydrogens (tertiary/aromatic N) is 3.